The van der Waals surface area contributed by atoms with Crippen molar-refractivity contribution in [1.82, 2.24) is 25.3 Å². The standard InChI is InChI=1S/C9H13N5O2/c1-4(2)10-3-5-11-6-7(12-5)13-9(16)14-8(6)15/h4,10H,3H2,1-2H3,(H3,11,12,13,14,15,16). The van der Waals surface area contributed by atoms with Gasteiger partial charge in [-0.3, -0.25) is 14.8 Å². The second kappa shape index (κ2) is 3.93. The molecule has 0 radical (unpaired) electrons. The van der Waals surface area contributed by atoms with E-state index in [1.807, 2.05) is 13.8 Å². The summed E-state index contributed by atoms with van der Waals surface area (Å²) in [6.07, 6.45) is 0. The Kier molecular flexibility index (Phi) is 2.61. The highest BCUT2D eigenvalue weighted by Gasteiger charge is 2.07. The van der Waals surface area contributed by atoms with Crippen LogP contribution in [0.2, 0.25) is 0 Å². The molecule has 86 valence electrons. The number of aromatic nitrogens is 4. The van der Waals surface area contributed by atoms with Crippen LogP contribution in [0, 0.1) is 0 Å². The number of rotatable bonds is 3. The molecule has 0 unspecified atom stereocenters. The third-order valence-corrected chi connectivity index (χ3v) is 2.12. The summed E-state index contributed by atoms with van der Waals surface area (Å²) in [6.45, 7) is 4.54. The third-order valence-electron chi connectivity index (χ3n) is 2.12. The van der Waals surface area contributed by atoms with Crippen LogP contribution in [0.5, 0.6) is 0 Å². The van der Waals surface area contributed by atoms with Crippen molar-refractivity contribution in [3.8, 4) is 0 Å². The molecule has 0 spiro atoms. The van der Waals surface area contributed by atoms with E-state index in [0.29, 0.717) is 23.9 Å². The lowest BCUT2D eigenvalue weighted by atomic mass is 10.4. The summed E-state index contributed by atoms with van der Waals surface area (Å²) in [7, 11) is 0. The smallest absolute Gasteiger partial charge is 0.327 e. The summed E-state index contributed by atoms with van der Waals surface area (Å²) < 4.78 is 0. The van der Waals surface area contributed by atoms with Gasteiger partial charge in [-0.15, -0.1) is 0 Å². The zero-order valence-electron chi connectivity index (χ0n) is 9.05. The molecule has 0 fully saturated rings. The molecule has 0 aliphatic heterocycles. The van der Waals surface area contributed by atoms with Crippen molar-refractivity contribution in [1.29, 1.82) is 0 Å². The first-order chi connectivity index (χ1) is 7.56. The Morgan fingerprint density at radius 1 is 1.25 bits per heavy atom. The van der Waals surface area contributed by atoms with Crippen LogP contribution in [0.1, 0.15) is 19.7 Å². The number of hydrogen-bond donors (Lipinski definition) is 4. The average molecular weight is 223 g/mol. The minimum atomic E-state index is -0.549. The van der Waals surface area contributed by atoms with Crippen LogP contribution in [-0.2, 0) is 6.54 Å². The zero-order valence-corrected chi connectivity index (χ0v) is 9.05. The van der Waals surface area contributed by atoms with Gasteiger partial charge in [0.15, 0.2) is 5.65 Å². The molecular weight excluding hydrogens is 210 g/mol. The number of nitrogens with one attached hydrogen (secondary N) is 4. The molecule has 0 saturated heterocycles. The monoisotopic (exact) mass is 223 g/mol. The van der Waals surface area contributed by atoms with Gasteiger partial charge in [0.2, 0.25) is 0 Å². The summed E-state index contributed by atoms with van der Waals surface area (Å²) >= 11 is 0. The van der Waals surface area contributed by atoms with E-state index >= 15 is 0 Å². The predicted molar refractivity (Wildman–Crippen MR) is 59.3 cm³/mol. The van der Waals surface area contributed by atoms with E-state index in [2.05, 4.69) is 25.3 Å². The molecule has 0 amide bonds. The summed E-state index contributed by atoms with van der Waals surface area (Å²) in [6, 6.07) is 0.325. The van der Waals surface area contributed by atoms with Gasteiger partial charge in [0.25, 0.3) is 5.56 Å². The van der Waals surface area contributed by atoms with Gasteiger partial charge in [0.05, 0.1) is 6.54 Å². The molecule has 7 nitrogen and oxygen atoms in total. The number of nitrogens with zero attached hydrogens (tertiary/aromatic N) is 1. The Balaban J connectivity index is 2.40. The van der Waals surface area contributed by atoms with Crippen LogP contribution in [-0.4, -0.2) is 26.0 Å². The number of aromatic amines is 3. The Labute approximate surface area is 90.3 Å². The fourth-order valence-electron chi connectivity index (χ4n) is 1.37. The fraction of sp³-hybridized carbons (Fsp3) is 0.444. The molecule has 7 heteroatoms. The molecule has 2 aromatic heterocycles. The highest BCUT2D eigenvalue weighted by atomic mass is 16.2. The lowest BCUT2D eigenvalue weighted by molar-refractivity contribution is 0.576. The molecule has 0 saturated carbocycles. The lowest BCUT2D eigenvalue weighted by Gasteiger charge is -2.04. The van der Waals surface area contributed by atoms with Crippen molar-refractivity contribution in [2.24, 2.45) is 0 Å². The van der Waals surface area contributed by atoms with Crippen LogP contribution >= 0.6 is 0 Å². The molecule has 0 bridgehead atoms. The molecule has 0 aliphatic carbocycles. The molecule has 0 atom stereocenters. The molecule has 0 aromatic carbocycles. The van der Waals surface area contributed by atoms with Gasteiger partial charge in [0.1, 0.15) is 11.3 Å². The minimum Gasteiger partial charge on any atom is -0.335 e. The van der Waals surface area contributed by atoms with E-state index in [9.17, 15) is 9.59 Å². The SMILES string of the molecule is CC(C)NCc1nc2[nH]c(=O)[nH]c(=O)c2[nH]1. The first kappa shape index (κ1) is 10.6. The van der Waals surface area contributed by atoms with Gasteiger partial charge >= 0.3 is 5.69 Å². The first-order valence-electron chi connectivity index (χ1n) is 5.01. The summed E-state index contributed by atoms with van der Waals surface area (Å²) in [5.74, 6) is 0.621. The highest BCUT2D eigenvalue weighted by molar-refractivity contribution is 5.68. The Morgan fingerprint density at radius 3 is 2.69 bits per heavy atom. The van der Waals surface area contributed by atoms with Gasteiger partial charge in [-0.05, 0) is 0 Å². The van der Waals surface area contributed by atoms with Crippen molar-refractivity contribution >= 4 is 11.2 Å². The van der Waals surface area contributed by atoms with E-state index in [1.54, 1.807) is 0 Å². The van der Waals surface area contributed by atoms with Gasteiger partial charge in [0, 0.05) is 6.04 Å². The van der Waals surface area contributed by atoms with E-state index in [-0.39, 0.29) is 5.65 Å². The third kappa shape index (κ3) is 2.03. The van der Waals surface area contributed by atoms with Crippen molar-refractivity contribution in [3.63, 3.8) is 0 Å². The number of imidazole rings is 1. The van der Waals surface area contributed by atoms with Crippen LogP contribution in [0.4, 0.5) is 0 Å². The Morgan fingerprint density at radius 2 is 2.00 bits per heavy atom. The quantitative estimate of drug-likeness (QED) is 0.559. The molecule has 2 heterocycles. The normalized spacial score (nSPS) is 11.4. The van der Waals surface area contributed by atoms with Crippen molar-refractivity contribution < 1.29 is 0 Å². The van der Waals surface area contributed by atoms with Crippen LogP contribution in [0.15, 0.2) is 9.59 Å². The zero-order chi connectivity index (χ0) is 11.7. The molecule has 2 aromatic rings. The number of H-pyrrole nitrogens is 3. The number of fused-ring (bicyclic) bond motifs is 1. The van der Waals surface area contributed by atoms with Gasteiger partial charge < -0.3 is 10.3 Å². The largest absolute Gasteiger partial charge is 0.335 e. The van der Waals surface area contributed by atoms with Gasteiger partial charge in [-0.25, -0.2) is 9.78 Å². The predicted octanol–water partition coefficient (Wildman–Crippen LogP) is -0.563. The van der Waals surface area contributed by atoms with Gasteiger partial charge in [-0.2, -0.15) is 0 Å². The molecule has 0 aliphatic rings. The molecule has 16 heavy (non-hydrogen) atoms. The summed E-state index contributed by atoms with van der Waals surface area (Å²) in [5.41, 5.74) is -0.427. The second-order valence-electron chi connectivity index (χ2n) is 3.85. The maximum Gasteiger partial charge on any atom is 0.327 e. The molecular formula is C9H13N5O2. The summed E-state index contributed by atoms with van der Waals surface area (Å²) in [4.78, 5) is 33.9. The maximum absolute atomic E-state index is 11.4. The van der Waals surface area contributed by atoms with Crippen molar-refractivity contribution in [2.75, 3.05) is 0 Å². The Hall–Kier alpha value is -1.89. The van der Waals surface area contributed by atoms with E-state index < -0.39 is 11.2 Å². The van der Waals surface area contributed by atoms with E-state index in [4.69, 9.17) is 0 Å². The fourth-order valence-corrected chi connectivity index (χ4v) is 1.37. The maximum atomic E-state index is 11.4. The van der Waals surface area contributed by atoms with E-state index in [0.717, 1.165) is 0 Å². The summed E-state index contributed by atoms with van der Waals surface area (Å²) in [5, 5.41) is 3.16. The minimum absolute atomic E-state index is 0.286. The molecule has 2 rings (SSSR count). The van der Waals surface area contributed by atoms with E-state index in [1.165, 1.54) is 0 Å². The second-order valence-corrected chi connectivity index (χ2v) is 3.85. The highest BCUT2D eigenvalue weighted by Crippen LogP contribution is 2.00. The van der Waals surface area contributed by atoms with Crippen molar-refractivity contribution in [2.45, 2.75) is 26.4 Å². The molecule has 4 N–H and O–H groups in total. The lowest BCUT2D eigenvalue weighted by Crippen LogP contribution is -2.22. The van der Waals surface area contributed by atoms with Gasteiger partial charge in [-0.1, -0.05) is 13.8 Å². The topological polar surface area (TPSA) is 106 Å². The Bertz CT molecular complexity index is 606. The van der Waals surface area contributed by atoms with Crippen molar-refractivity contribution in [3.05, 3.63) is 26.7 Å². The number of hydrogen-bond acceptors (Lipinski definition) is 4. The average Bonchev–Trinajstić information content (AvgIpc) is 2.57. The first-order valence-corrected chi connectivity index (χ1v) is 5.01. The van der Waals surface area contributed by atoms with Crippen LogP contribution in [0.25, 0.3) is 11.2 Å². The van der Waals surface area contributed by atoms with Crippen LogP contribution < -0.4 is 16.6 Å². The van der Waals surface area contributed by atoms with Crippen LogP contribution in [0.3, 0.4) is 0 Å².